The molecule has 138 valence electrons. The van der Waals surface area contributed by atoms with Crippen LogP contribution in [-0.2, 0) is 16.0 Å². The molecule has 25 heavy (non-hydrogen) atoms. The molecule has 0 radical (unpaired) electrons. The van der Waals surface area contributed by atoms with Crippen molar-refractivity contribution >= 4 is 18.0 Å². The fourth-order valence-corrected chi connectivity index (χ4v) is 2.02. The molecule has 0 spiro atoms. The molecule has 0 aliphatic heterocycles. The van der Waals surface area contributed by atoms with Gasteiger partial charge >= 0.3 is 12.1 Å². The summed E-state index contributed by atoms with van der Waals surface area (Å²) >= 11 is 0. The molecule has 0 unspecified atom stereocenters. The quantitative estimate of drug-likeness (QED) is 0.624. The number of carboxylic acids is 1. The Morgan fingerprint density at radius 1 is 1.12 bits per heavy atom. The summed E-state index contributed by atoms with van der Waals surface area (Å²) in [4.78, 5) is 34.1. The van der Waals surface area contributed by atoms with E-state index in [1.807, 2.05) is 0 Å². The first-order valence-electron chi connectivity index (χ1n) is 8.23. The lowest BCUT2D eigenvalue weighted by Crippen LogP contribution is -2.34. The SMILES string of the molecule is CC(C)(C)OC(=O)NCCCNC(=O)c1cccc(CCC(=O)O)c1. The molecule has 0 heterocycles. The second-order valence-corrected chi connectivity index (χ2v) is 6.63. The minimum Gasteiger partial charge on any atom is -0.481 e. The van der Waals surface area contributed by atoms with Gasteiger partial charge in [-0.2, -0.15) is 0 Å². The molecule has 7 heteroatoms. The first-order chi connectivity index (χ1) is 11.7. The fraction of sp³-hybridized carbons (Fsp3) is 0.500. The van der Waals surface area contributed by atoms with Crippen molar-refractivity contribution in [2.45, 2.75) is 45.6 Å². The van der Waals surface area contributed by atoms with E-state index in [0.29, 0.717) is 31.5 Å². The molecule has 0 aliphatic rings. The highest BCUT2D eigenvalue weighted by Crippen LogP contribution is 2.08. The molecule has 7 nitrogen and oxygen atoms in total. The lowest BCUT2D eigenvalue weighted by Gasteiger charge is -2.19. The number of alkyl carbamates (subject to hydrolysis) is 1. The number of ether oxygens (including phenoxy) is 1. The van der Waals surface area contributed by atoms with Crippen molar-refractivity contribution in [3.05, 3.63) is 35.4 Å². The highest BCUT2D eigenvalue weighted by Gasteiger charge is 2.15. The van der Waals surface area contributed by atoms with Crippen LogP contribution in [0.25, 0.3) is 0 Å². The molecule has 1 aromatic carbocycles. The maximum absolute atomic E-state index is 12.1. The van der Waals surface area contributed by atoms with Crippen LogP contribution in [0.15, 0.2) is 24.3 Å². The molecule has 0 bridgehead atoms. The van der Waals surface area contributed by atoms with E-state index in [9.17, 15) is 14.4 Å². The first kappa shape index (κ1) is 20.5. The Labute approximate surface area is 147 Å². The van der Waals surface area contributed by atoms with Crippen LogP contribution in [0, 0.1) is 0 Å². The molecule has 0 saturated carbocycles. The molecular weight excluding hydrogens is 324 g/mol. The molecule has 3 N–H and O–H groups in total. The van der Waals surface area contributed by atoms with Crippen molar-refractivity contribution in [2.24, 2.45) is 0 Å². The van der Waals surface area contributed by atoms with Crippen LogP contribution < -0.4 is 10.6 Å². The van der Waals surface area contributed by atoms with Crippen LogP contribution in [0.2, 0.25) is 0 Å². The summed E-state index contributed by atoms with van der Waals surface area (Å²) in [5.74, 6) is -1.10. The Hall–Kier alpha value is -2.57. The Kier molecular flexibility index (Phi) is 7.91. The van der Waals surface area contributed by atoms with Crippen molar-refractivity contribution in [1.82, 2.24) is 10.6 Å². The summed E-state index contributed by atoms with van der Waals surface area (Å²) in [6.07, 6.45) is 0.506. The maximum Gasteiger partial charge on any atom is 0.407 e. The number of nitrogens with one attached hydrogen (secondary N) is 2. The summed E-state index contributed by atoms with van der Waals surface area (Å²) in [7, 11) is 0. The largest absolute Gasteiger partial charge is 0.481 e. The maximum atomic E-state index is 12.1. The molecule has 0 fully saturated rings. The van der Waals surface area contributed by atoms with Gasteiger partial charge in [0.2, 0.25) is 0 Å². The fourth-order valence-electron chi connectivity index (χ4n) is 2.02. The summed E-state index contributed by atoms with van der Waals surface area (Å²) in [5, 5.41) is 14.1. The second-order valence-electron chi connectivity index (χ2n) is 6.63. The van der Waals surface area contributed by atoms with Gasteiger partial charge in [-0.25, -0.2) is 4.79 Å². The molecule has 2 amide bonds. The number of carboxylic acid groups (broad SMARTS) is 1. The van der Waals surface area contributed by atoms with Crippen LogP contribution >= 0.6 is 0 Å². The number of aryl methyl sites for hydroxylation is 1. The van der Waals surface area contributed by atoms with Gasteiger partial charge < -0.3 is 20.5 Å². The number of rotatable bonds is 8. The molecule has 0 atom stereocenters. The van der Waals surface area contributed by atoms with Crippen LogP contribution in [0.5, 0.6) is 0 Å². The lowest BCUT2D eigenvalue weighted by molar-refractivity contribution is -0.136. The van der Waals surface area contributed by atoms with Crippen LogP contribution in [0.3, 0.4) is 0 Å². The topological polar surface area (TPSA) is 105 Å². The van der Waals surface area contributed by atoms with Gasteiger partial charge in [-0.3, -0.25) is 9.59 Å². The van der Waals surface area contributed by atoms with Gasteiger partial charge in [-0.15, -0.1) is 0 Å². The molecule has 1 aromatic rings. The van der Waals surface area contributed by atoms with E-state index in [4.69, 9.17) is 9.84 Å². The number of benzene rings is 1. The molecule has 0 aliphatic carbocycles. The second kappa shape index (κ2) is 9.66. The van der Waals surface area contributed by atoms with Crippen molar-refractivity contribution in [1.29, 1.82) is 0 Å². The zero-order chi connectivity index (χ0) is 18.9. The van der Waals surface area contributed by atoms with E-state index < -0.39 is 17.7 Å². The van der Waals surface area contributed by atoms with Gasteiger partial charge in [-0.05, 0) is 51.3 Å². The smallest absolute Gasteiger partial charge is 0.407 e. The zero-order valence-corrected chi connectivity index (χ0v) is 14.9. The highest BCUT2D eigenvalue weighted by atomic mass is 16.6. The third-order valence-corrected chi connectivity index (χ3v) is 3.12. The Balaban J connectivity index is 2.31. The average Bonchev–Trinajstić information content (AvgIpc) is 2.51. The number of carbonyl (C=O) groups is 3. The van der Waals surface area contributed by atoms with E-state index in [-0.39, 0.29) is 12.3 Å². The van der Waals surface area contributed by atoms with Gasteiger partial charge in [0.05, 0.1) is 0 Å². The van der Waals surface area contributed by atoms with Crippen LogP contribution in [0.1, 0.15) is 49.5 Å². The van der Waals surface area contributed by atoms with E-state index in [0.717, 1.165) is 5.56 Å². The summed E-state index contributed by atoms with van der Waals surface area (Å²) < 4.78 is 5.11. The van der Waals surface area contributed by atoms with Crippen molar-refractivity contribution < 1.29 is 24.2 Å². The van der Waals surface area contributed by atoms with E-state index in [2.05, 4.69) is 10.6 Å². The van der Waals surface area contributed by atoms with E-state index in [1.165, 1.54) is 0 Å². The van der Waals surface area contributed by atoms with Gasteiger partial charge in [0, 0.05) is 25.1 Å². The number of hydrogen-bond donors (Lipinski definition) is 3. The molecule has 0 saturated heterocycles. The van der Waals surface area contributed by atoms with Gasteiger partial charge in [-0.1, -0.05) is 12.1 Å². The predicted molar refractivity (Wildman–Crippen MR) is 93.6 cm³/mol. The third-order valence-electron chi connectivity index (χ3n) is 3.12. The third kappa shape index (κ3) is 9.34. The highest BCUT2D eigenvalue weighted by molar-refractivity contribution is 5.94. The Morgan fingerprint density at radius 2 is 1.80 bits per heavy atom. The monoisotopic (exact) mass is 350 g/mol. The number of amides is 2. The minimum atomic E-state index is -0.868. The van der Waals surface area contributed by atoms with E-state index in [1.54, 1.807) is 45.0 Å². The molecule has 0 aromatic heterocycles. The Bertz CT molecular complexity index is 608. The normalized spacial score (nSPS) is 10.8. The van der Waals surface area contributed by atoms with Gasteiger partial charge in [0.1, 0.15) is 5.60 Å². The molecule has 1 rings (SSSR count). The first-order valence-corrected chi connectivity index (χ1v) is 8.23. The zero-order valence-electron chi connectivity index (χ0n) is 14.9. The van der Waals surface area contributed by atoms with Crippen molar-refractivity contribution in [3.63, 3.8) is 0 Å². The summed E-state index contributed by atoms with van der Waals surface area (Å²) in [6.45, 7) is 6.17. The number of aliphatic carboxylic acids is 1. The van der Waals surface area contributed by atoms with Crippen LogP contribution in [0.4, 0.5) is 4.79 Å². The average molecular weight is 350 g/mol. The number of hydrogen-bond acceptors (Lipinski definition) is 4. The van der Waals surface area contributed by atoms with Crippen molar-refractivity contribution in [2.75, 3.05) is 13.1 Å². The standard InChI is InChI=1S/C18H26N2O5/c1-18(2,3)25-17(24)20-11-5-10-19-16(23)14-7-4-6-13(12-14)8-9-15(21)22/h4,6-7,12H,5,8-11H2,1-3H3,(H,19,23)(H,20,24)(H,21,22). The number of carbonyl (C=O) groups excluding carboxylic acids is 2. The summed E-state index contributed by atoms with van der Waals surface area (Å²) in [6, 6.07) is 6.90. The Morgan fingerprint density at radius 3 is 2.44 bits per heavy atom. The predicted octanol–water partition coefficient (Wildman–Crippen LogP) is 2.35. The minimum absolute atomic E-state index is 0.0292. The van der Waals surface area contributed by atoms with E-state index >= 15 is 0 Å². The molecular formula is C18H26N2O5. The van der Waals surface area contributed by atoms with Gasteiger partial charge in [0.15, 0.2) is 0 Å². The van der Waals surface area contributed by atoms with Gasteiger partial charge in [0.25, 0.3) is 5.91 Å². The van der Waals surface area contributed by atoms with Crippen LogP contribution in [-0.4, -0.2) is 41.8 Å². The van der Waals surface area contributed by atoms with Crippen molar-refractivity contribution in [3.8, 4) is 0 Å². The lowest BCUT2D eigenvalue weighted by atomic mass is 10.1. The summed E-state index contributed by atoms with van der Waals surface area (Å²) in [5.41, 5.74) is 0.758.